The van der Waals surface area contributed by atoms with Crippen LogP contribution in [0.25, 0.3) is 0 Å². The zero-order chi connectivity index (χ0) is 19.3. The third kappa shape index (κ3) is 1.70. The van der Waals surface area contributed by atoms with E-state index < -0.39 is 22.8 Å². The number of nitrogens with zero attached hydrogens (tertiary/aromatic N) is 2. The molecule has 6 rings (SSSR count). The first-order chi connectivity index (χ1) is 13.5. The van der Waals surface area contributed by atoms with E-state index in [-0.39, 0.29) is 18.8 Å². The van der Waals surface area contributed by atoms with Crippen molar-refractivity contribution in [3.8, 4) is 11.5 Å². The molecule has 2 spiro atoms. The summed E-state index contributed by atoms with van der Waals surface area (Å²) in [6.07, 6.45) is 3.69. The Morgan fingerprint density at radius 3 is 2.93 bits per heavy atom. The number of hydrogen-bond acceptors (Lipinski definition) is 7. The van der Waals surface area contributed by atoms with Crippen LogP contribution in [0.3, 0.4) is 0 Å². The smallest absolute Gasteiger partial charge is 0.172 e. The SMILES string of the molecule is COc1ccc2c3c1O[C@@H]1[C@]34CCN(C)[C@H](C2)[C@]4(O)CC[C@@]12C=NC(CO)O2. The van der Waals surface area contributed by atoms with Crippen LogP contribution in [0.15, 0.2) is 17.1 Å². The van der Waals surface area contributed by atoms with Crippen LogP contribution in [0.5, 0.6) is 11.5 Å². The predicted octanol–water partition coefficient (Wildman–Crippen LogP) is 0.637. The van der Waals surface area contributed by atoms with Crippen LogP contribution < -0.4 is 9.47 Å². The standard InChI is InChI=1S/C21H26N2O5/c1-23-8-7-20-16-12-3-4-13(26-2)17(16)27-18(20)19(11-22-15(10-24)28-19)5-6-21(20,25)14(23)9-12/h3-4,11,14-15,18,24-25H,5-10H2,1-2H3/t14-,15?,18+,19-,20+,21-/m1/s1. The molecule has 2 bridgehead atoms. The van der Waals surface area contributed by atoms with E-state index in [0.717, 1.165) is 30.7 Å². The van der Waals surface area contributed by atoms with Gasteiger partial charge in [-0.1, -0.05) is 6.07 Å². The normalized spacial score (nSPS) is 45.2. The van der Waals surface area contributed by atoms with Crippen molar-refractivity contribution in [2.45, 2.75) is 60.7 Å². The molecule has 28 heavy (non-hydrogen) atoms. The summed E-state index contributed by atoms with van der Waals surface area (Å²) in [7, 11) is 3.76. The molecule has 3 heterocycles. The lowest BCUT2D eigenvalue weighted by atomic mass is 9.47. The Labute approximate surface area is 163 Å². The highest BCUT2D eigenvalue weighted by molar-refractivity contribution is 5.76. The van der Waals surface area contributed by atoms with Crippen molar-refractivity contribution >= 4 is 6.21 Å². The summed E-state index contributed by atoms with van der Waals surface area (Å²) < 4.78 is 18.5. The lowest BCUT2D eigenvalue weighted by molar-refractivity contribution is -0.230. The van der Waals surface area contributed by atoms with Crippen LogP contribution >= 0.6 is 0 Å². The Morgan fingerprint density at radius 2 is 2.18 bits per heavy atom. The number of benzene rings is 1. The molecule has 150 valence electrons. The number of likely N-dealkylation sites (N-methyl/N-ethyl adjacent to an activating group) is 1. The molecule has 1 saturated heterocycles. The van der Waals surface area contributed by atoms with E-state index >= 15 is 0 Å². The molecule has 7 heteroatoms. The molecular weight excluding hydrogens is 360 g/mol. The topological polar surface area (TPSA) is 83.8 Å². The van der Waals surface area contributed by atoms with E-state index in [1.54, 1.807) is 7.11 Å². The minimum atomic E-state index is -0.894. The van der Waals surface area contributed by atoms with E-state index in [0.29, 0.717) is 18.6 Å². The average Bonchev–Trinajstić information content (AvgIpc) is 3.27. The maximum atomic E-state index is 12.2. The summed E-state index contributed by atoms with van der Waals surface area (Å²) in [5, 5.41) is 21.8. The number of likely N-dealkylation sites (tertiary alicyclic amines) is 1. The molecule has 3 aliphatic heterocycles. The molecule has 0 aromatic heterocycles. The third-order valence-electron chi connectivity index (χ3n) is 8.00. The summed E-state index contributed by atoms with van der Waals surface area (Å²) in [5.41, 5.74) is 0.141. The predicted molar refractivity (Wildman–Crippen MR) is 101 cm³/mol. The number of aliphatic hydroxyl groups excluding tert-OH is 1. The molecule has 0 radical (unpaired) electrons. The maximum absolute atomic E-state index is 12.2. The molecule has 5 aliphatic rings. The highest BCUT2D eigenvalue weighted by atomic mass is 16.6. The van der Waals surface area contributed by atoms with Crippen molar-refractivity contribution in [3.63, 3.8) is 0 Å². The highest BCUT2D eigenvalue weighted by Crippen LogP contribution is 2.67. The number of rotatable bonds is 2. The van der Waals surface area contributed by atoms with Crippen LogP contribution in [-0.2, 0) is 16.6 Å². The minimum absolute atomic E-state index is 0.0449. The second kappa shape index (κ2) is 5.27. The fraction of sp³-hybridized carbons (Fsp3) is 0.667. The zero-order valence-electron chi connectivity index (χ0n) is 16.2. The van der Waals surface area contributed by atoms with E-state index in [1.807, 2.05) is 12.3 Å². The number of hydrogen-bond donors (Lipinski definition) is 2. The van der Waals surface area contributed by atoms with Crippen molar-refractivity contribution in [1.29, 1.82) is 0 Å². The Balaban J connectivity index is 1.61. The van der Waals surface area contributed by atoms with Gasteiger partial charge in [-0.2, -0.15) is 0 Å². The average molecular weight is 386 g/mol. The second-order valence-corrected chi connectivity index (χ2v) is 8.96. The van der Waals surface area contributed by atoms with E-state index in [1.165, 1.54) is 5.56 Å². The molecule has 0 amide bonds. The third-order valence-corrected chi connectivity index (χ3v) is 8.00. The summed E-state index contributed by atoms with van der Waals surface area (Å²) in [6, 6.07) is 4.14. The van der Waals surface area contributed by atoms with Crippen LogP contribution in [-0.4, -0.2) is 78.2 Å². The Bertz CT molecular complexity index is 890. The number of aliphatic hydroxyl groups is 2. The Kier molecular flexibility index (Phi) is 3.24. The van der Waals surface area contributed by atoms with Crippen molar-refractivity contribution in [2.75, 3.05) is 27.3 Å². The van der Waals surface area contributed by atoms with Gasteiger partial charge in [0.25, 0.3) is 0 Å². The van der Waals surface area contributed by atoms with E-state index in [2.05, 4.69) is 23.0 Å². The van der Waals surface area contributed by atoms with Gasteiger partial charge < -0.3 is 29.3 Å². The molecule has 1 aromatic carbocycles. The fourth-order valence-corrected chi connectivity index (χ4v) is 6.79. The van der Waals surface area contributed by atoms with Crippen LogP contribution in [0.2, 0.25) is 0 Å². The quantitative estimate of drug-likeness (QED) is 0.776. The molecule has 2 N–H and O–H groups in total. The van der Waals surface area contributed by atoms with Gasteiger partial charge in [-0.05, 0) is 50.9 Å². The number of aliphatic imine (C=N–C) groups is 1. The molecule has 2 aliphatic carbocycles. The molecular formula is C21H26N2O5. The monoisotopic (exact) mass is 386 g/mol. The van der Waals surface area contributed by atoms with Crippen molar-refractivity contribution < 1.29 is 24.4 Å². The van der Waals surface area contributed by atoms with Crippen molar-refractivity contribution in [1.82, 2.24) is 4.90 Å². The Morgan fingerprint density at radius 1 is 1.32 bits per heavy atom. The van der Waals surface area contributed by atoms with Gasteiger partial charge >= 0.3 is 0 Å². The van der Waals surface area contributed by atoms with E-state index in [9.17, 15) is 10.2 Å². The van der Waals surface area contributed by atoms with Gasteiger partial charge in [0.1, 0.15) is 11.7 Å². The first-order valence-electron chi connectivity index (χ1n) is 10.1. The van der Waals surface area contributed by atoms with Gasteiger partial charge in [0, 0.05) is 17.8 Å². The number of fused-ring (bicyclic) bond motifs is 1. The van der Waals surface area contributed by atoms with E-state index in [4.69, 9.17) is 14.2 Å². The van der Waals surface area contributed by atoms with Crippen molar-refractivity contribution in [3.05, 3.63) is 23.3 Å². The number of ether oxygens (including phenoxy) is 3. The molecule has 1 aromatic rings. The summed E-state index contributed by atoms with van der Waals surface area (Å²) >= 11 is 0. The Hall–Kier alpha value is -1.67. The van der Waals surface area contributed by atoms with Gasteiger partial charge in [-0.25, -0.2) is 0 Å². The van der Waals surface area contributed by atoms with Crippen LogP contribution in [0.1, 0.15) is 30.4 Å². The van der Waals surface area contributed by atoms with Gasteiger partial charge in [-0.15, -0.1) is 0 Å². The molecule has 1 saturated carbocycles. The highest BCUT2D eigenvalue weighted by Gasteiger charge is 2.76. The molecule has 2 fully saturated rings. The van der Waals surface area contributed by atoms with Gasteiger partial charge in [-0.3, -0.25) is 4.99 Å². The summed E-state index contributed by atoms with van der Waals surface area (Å²) in [4.78, 5) is 6.70. The second-order valence-electron chi connectivity index (χ2n) is 8.96. The number of piperidine rings is 1. The first kappa shape index (κ1) is 17.2. The maximum Gasteiger partial charge on any atom is 0.172 e. The zero-order valence-corrected chi connectivity index (χ0v) is 16.2. The fourth-order valence-electron chi connectivity index (χ4n) is 6.79. The summed E-state index contributed by atoms with van der Waals surface area (Å²) in [5.74, 6) is 1.45. The minimum Gasteiger partial charge on any atom is -0.493 e. The summed E-state index contributed by atoms with van der Waals surface area (Å²) in [6.45, 7) is 0.731. The van der Waals surface area contributed by atoms with Crippen molar-refractivity contribution in [2.24, 2.45) is 4.99 Å². The lowest BCUT2D eigenvalue weighted by Crippen LogP contribution is -2.79. The molecule has 1 unspecified atom stereocenters. The van der Waals surface area contributed by atoms with Crippen LogP contribution in [0, 0.1) is 0 Å². The van der Waals surface area contributed by atoms with Gasteiger partial charge in [0.2, 0.25) is 0 Å². The van der Waals surface area contributed by atoms with Gasteiger partial charge in [0.15, 0.2) is 17.7 Å². The molecule has 6 atom stereocenters. The van der Waals surface area contributed by atoms with Crippen LogP contribution in [0.4, 0.5) is 0 Å². The first-order valence-corrected chi connectivity index (χ1v) is 10.1. The largest absolute Gasteiger partial charge is 0.493 e. The van der Waals surface area contributed by atoms with Gasteiger partial charge in [0.05, 0.1) is 24.7 Å². The molecule has 7 nitrogen and oxygen atoms in total. The number of methoxy groups -OCH3 is 1. The lowest BCUT2D eigenvalue weighted by Gasteiger charge is -2.64.